The highest BCUT2D eigenvalue weighted by molar-refractivity contribution is 7.91. The number of hydrogen-bond acceptors (Lipinski definition) is 4. The van der Waals surface area contributed by atoms with Crippen LogP contribution in [0.3, 0.4) is 0 Å². The summed E-state index contributed by atoms with van der Waals surface area (Å²) in [7, 11) is -3.69. The number of amides is 1. The lowest BCUT2D eigenvalue weighted by Gasteiger charge is -2.29. The Morgan fingerprint density at radius 1 is 1.35 bits per heavy atom. The van der Waals surface area contributed by atoms with Crippen LogP contribution in [0.1, 0.15) is 26.2 Å². The van der Waals surface area contributed by atoms with Gasteiger partial charge >= 0.3 is 0 Å². The Hall–Kier alpha value is -0.630. The van der Waals surface area contributed by atoms with Gasteiger partial charge in [-0.25, -0.2) is 8.42 Å². The molecule has 1 N–H and O–H groups in total. The van der Waals surface area contributed by atoms with Gasteiger partial charge in [0.2, 0.25) is 5.91 Å². The standard InChI is InChI=1S/C12H17ClN2O3S2/c1-9(12(16)15-7-3-2-4-8-15)14-20(17,18)11-6-5-10(13)19-11/h5-6,9,14H,2-4,7-8H2,1H3/t9-/m0/s1. The first-order chi connectivity index (χ1) is 9.40. The Morgan fingerprint density at radius 2 is 2.00 bits per heavy atom. The van der Waals surface area contributed by atoms with E-state index in [4.69, 9.17) is 11.6 Å². The molecule has 8 heteroatoms. The van der Waals surface area contributed by atoms with E-state index in [0.717, 1.165) is 30.6 Å². The van der Waals surface area contributed by atoms with E-state index in [1.54, 1.807) is 11.8 Å². The highest BCUT2D eigenvalue weighted by atomic mass is 35.5. The number of nitrogens with zero attached hydrogens (tertiary/aromatic N) is 1. The van der Waals surface area contributed by atoms with E-state index >= 15 is 0 Å². The molecule has 1 fully saturated rings. The van der Waals surface area contributed by atoms with Gasteiger partial charge in [0.15, 0.2) is 0 Å². The molecule has 5 nitrogen and oxygen atoms in total. The van der Waals surface area contributed by atoms with Crippen LogP contribution in [0.4, 0.5) is 0 Å². The van der Waals surface area contributed by atoms with Crippen LogP contribution in [0.25, 0.3) is 0 Å². The summed E-state index contributed by atoms with van der Waals surface area (Å²) in [5.41, 5.74) is 0. The second kappa shape index (κ2) is 6.43. The molecule has 0 radical (unpaired) electrons. The summed E-state index contributed by atoms with van der Waals surface area (Å²) in [6.07, 6.45) is 3.08. The predicted molar refractivity (Wildman–Crippen MR) is 79.5 cm³/mol. The Labute approximate surface area is 128 Å². The molecule has 1 aromatic heterocycles. The van der Waals surface area contributed by atoms with Gasteiger partial charge in [-0.1, -0.05) is 11.6 Å². The Morgan fingerprint density at radius 3 is 2.55 bits per heavy atom. The van der Waals surface area contributed by atoms with Gasteiger partial charge in [-0.2, -0.15) is 4.72 Å². The average molecular weight is 337 g/mol. The quantitative estimate of drug-likeness (QED) is 0.915. The van der Waals surface area contributed by atoms with Gasteiger partial charge in [-0.15, -0.1) is 11.3 Å². The maximum Gasteiger partial charge on any atom is 0.250 e. The van der Waals surface area contributed by atoms with Crippen LogP contribution >= 0.6 is 22.9 Å². The third kappa shape index (κ3) is 3.72. The number of rotatable bonds is 4. The molecule has 0 aliphatic carbocycles. The second-order valence-electron chi connectivity index (χ2n) is 4.79. The van der Waals surface area contributed by atoms with Crippen molar-refractivity contribution in [3.05, 3.63) is 16.5 Å². The van der Waals surface area contributed by atoms with E-state index < -0.39 is 16.1 Å². The smallest absolute Gasteiger partial charge is 0.250 e. The molecule has 2 rings (SSSR count). The minimum absolute atomic E-state index is 0.126. The van der Waals surface area contributed by atoms with Crippen molar-refractivity contribution in [2.24, 2.45) is 0 Å². The number of sulfonamides is 1. The molecule has 1 amide bonds. The summed E-state index contributed by atoms with van der Waals surface area (Å²) in [5, 5.41) is 0. The van der Waals surface area contributed by atoms with Gasteiger partial charge in [-0.05, 0) is 38.3 Å². The first-order valence-corrected chi connectivity index (χ1v) is 9.14. The van der Waals surface area contributed by atoms with Gasteiger partial charge in [0.1, 0.15) is 4.21 Å². The molecule has 2 heterocycles. The SMILES string of the molecule is C[C@H](NS(=O)(=O)c1ccc(Cl)s1)C(=O)N1CCCCC1. The molecule has 1 aliphatic heterocycles. The van der Waals surface area contributed by atoms with Gasteiger partial charge in [0, 0.05) is 13.1 Å². The largest absolute Gasteiger partial charge is 0.341 e. The molecule has 1 aliphatic rings. The van der Waals surface area contributed by atoms with Crippen LogP contribution < -0.4 is 4.72 Å². The fourth-order valence-corrected chi connectivity index (χ4v) is 4.87. The first kappa shape index (κ1) is 15.8. The van der Waals surface area contributed by atoms with Crippen LogP contribution in [-0.2, 0) is 14.8 Å². The van der Waals surface area contributed by atoms with Crippen molar-refractivity contribution in [1.82, 2.24) is 9.62 Å². The summed E-state index contributed by atoms with van der Waals surface area (Å²) >= 11 is 6.71. The van der Waals surface area contributed by atoms with Crippen molar-refractivity contribution in [3.8, 4) is 0 Å². The fraction of sp³-hybridized carbons (Fsp3) is 0.583. The van der Waals surface area contributed by atoms with Crippen LogP contribution in [0, 0.1) is 0 Å². The Kier molecular flexibility index (Phi) is 5.06. The van der Waals surface area contributed by atoms with E-state index in [0.29, 0.717) is 17.4 Å². The number of hydrogen-bond donors (Lipinski definition) is 1. The predicted octanol–water partition coefficient (Wildman–Crippen LogP) is 2.08. The third-order valence-corrected chi connectivity index (χ3v) is 6.45. The minimum Gasteiger partial charge on any atom is -0.341 e. The zero-order chi connectivity index (χ0) is 14.8. The first-order valence-electron chi connectivity index (χ1n) is 6.46. The zero-order valence-corrected chi connectivity index (χ0v) is 13.5. The van der Waals surface area contributed by atoms with E-state index in [9.17, 15) is 13.2 Å². The van der Waals surface area contributed by atoms with Crippen molar-refractivity contribution in [3.63, 3.8) is 0 Å². The summed E-state index contributed by atoms with van der Waals surface area (Å²) in [4.78, 5) is 13.9. The molecule has 0 aromatic carbocycles. The van der Waals surface area contributed by atoms with Crippen LogP contribution in [0.5, 0.6) is 0 Å². The lowest BCUT2D eigenvalue weighted by molar-refractivity contribution is -0.133. The number of likely N-dealkylation sites (tertiary alicyclic amines) is 1. The number of carbonyl (C=O) groups excluding carboxylic acids is 1. The highest BCUT2D eigenvalue weighted by Gasteiger charge is 2.27. The summed E-state index contributed by atoms with van der Waals surface area (Å²) in [5.74, 6) is -0.170. The second-order valence-corrected chi connectivity index (χ2v) is 8.44. The molecule has 0 unspecified atom stereocenters. The molecular formula is C12H17ClN2O3S2. The molecule has 1 saturated heterocycles. The Bertz CT molecular complexity index is 579. The Balaban J connectivity index is 2.03. The van der Waals surface area contributed by atoms with Crippen molar-refractivity contribution in [1.29, 1.82) is 0 Å². The third-order valence-electron chi connectivity index (χ3n) is 3.18. The molecule has 1 aromatic rings. The van der Waals surface area contributed by atoms with E-state index in [1.165, 1.54) is 12.1 Å². The van der Waals surface area contributed by atoms with Gasteiger partial charge in [0.25, 0.3) is 10.0 Å². The summed E-state index contributed by atoms with van der Waals surface area (Å²) in [6.45, 7) is 2.98. The van der Waals surface area contributed by atoms with Gasteiger partial charge < -0.3 is 4.90 Å². The van der Waals surface area contributed by atoms with Crippen molar-refractivity contribution in [2.75, 3.05) is 13.1 Å². The van der Waals surface area contributed by atoms with E-state index in [1.807, 2.05) is 0 Å². The topological polar surface area (TPSA) is 66.5 Å². The molecule has 20 heavy (non-hydrogen) atoms. The number of piperidine rings is 1. The number of thiophene rings is 1. The monoisotopic (exact) mass is 336 g/mol. The van der Waals surface area contributed by atoms with Crippen molar-refractivity contribution >= 4 is 38.9 Å². The van der Waals surface area contributed by atoms with Crippen LogP contribution in [0.15, 0.2) is 16.3 Å². The van der Waals surface area contributed by atoms with Crippen molar-refractivity contribution in [2.45, 2.75) is 36.4 Å². The van der Waals surface area contributed by atoms with E-state index in [2.05, 4.69) is 4.72 Å². The molecular weight excluding hydrogens is 320 g/mol. The van der Waals surface area contributed by atoms with Crippen LogP contribution in [0.2, 0.25) is 4.34 Å². The molecule has 0 saturated carbocycles. The summed E-state index contributed by atoms with van der Waals surface area (Å²) < 4.78 is 27.2. The molecule has 112 valence electrons. The normalized spacial score (nSPS) is 18.0. The maximum absolute atomic E-state index is 12.2. The van der Waals surface area contributed by atoms with Gasteiger partial charge in [-0.3, -0.25) is 4.79 Å². The number of carbonyl (C=O) groups is 1. The van der Waals surface area contributed by atoms with E-state index in [-0.39, 0.29) is 10.1 Å². The van der Waals surface area contributed by atoms with Gasteiger partial charge in [0.05, 0.1) is 10.4 Å². The lowest BCUT2D eigenvalue weighted by Crippen LogP contribution is -2.48. The molecule has 0 bridgehead atoms. The maximum atomic E-state index is 12.2. The summed E-state index contributed by atoms with van der Waals surface area (Å²) in [6, 6.07) is 2.20. The van der Waals surface area contributed by atoms with Crippen molar-refractivity contribution < 1.29 is 13.2 Å². The number of halogens is 1. The lowest BCUT2D eigenvalue weighted by atomic mass is 10.1. The molecule has 1 atom stereocenters. The highest BCUT2D eigenvalue weighted by Crippen LogP contribution is 2.25. The minimum atomic E-state index is -3.69. The number of nitrogens with one attached hydrogen (secondary N) is 1. The average Bonchev–Trinajstić information content (AvgIpc) is 2.86. The zero-order valence-electron chi connectivity index (χ0n) is 11.1. The van der Waals surface area contributed by atoms with Crippen LogP contribution in [-0.4, -0.2) is 38.4 Å². The fourth-order valence-electron chi connectivity index (χ4n) is 2.17. The molecule has 0 spiro atoms.